The number of benzene rings is 1. The predicted octanol–water partition coefficient (Wildman–Crippen LogP) is 5.37. The lowest BCUT2D eigenvalue weighted by Crippen LogP contribution is -2.51. The van der Waals surface area contributed by atoms with Crippen LogP contribution in [-0.2, 0) is 0 Å². The van der Waals surface area contributed by atoms with Crippen LogP contribution in [0.15, 0.2) is 41.5 Å². The number of fused-ring (bicyclic) bond motifs is 5. The molecule has 0 bridgehead atoms. The number of rotatable bonds is 2. The van der Waals surface area contributed by atoms with Crippen molar-refractivity contribution in [3.05, 3.63) is 47.1 Å². The summed E-state index contributed by atoms with van der Waals surface area (Å²) in [5.41, 5.74) is 4.08. The molecule has 4 aliphatic rings. The summed E-state index contributed by atoms with van der Waals surface area (Å²) in [5.74, 6) is 2.74. The van der Waals surface area contributed by atoms with Crippen molar-refractivity contribution in [2.45, 2.75) is 71.0 Å². The van der Waals surface area contributed by atoms with Crippen molar-refractivity contribution >= 4 is 6.08 Å². The lowest BCUT2D eigenvalue weighted by Gasteiger charge is -2.57. The number of methoxy groups -OCH3 is 1. The van der Waals surface area contributed by atoms with Gasteiger partial charge in [-0.25, -0.2) is 0 Å². The van der Waals surface area contributed by atoms with Gasteiger partial charge in [0.05, 0.1) is 19.3 Å². The Kier molecular flexibility index (Phi) is 4.91. The summed E-state index contributed by atoms with van der Waals surface area (Å²) < 4.78 is 5.28. The van der Waals surface area contributed by atoms with E-state index in [2.05, 4.69) is 38.1 Å². The van der Waals surface area contributed by atoms with E-state index in [0.29, 0.717) is 17.8 Å². The first-order valence-electron chi connectivity index (χ1n) is 11.8. The van der Waals surface area contributed by atoms with Crippen LogP contribution < -0.4 is 4.74 Å². The Balaban J connectivity index is 1.44. The molecule has 0 amide bonds. The van der Waals surface area contributed by atoms with Gasteiger partial charge in [-0.05, 0) is 91.4 Å². The van der Waals surface area contributed by atoms with E-state index in [1.165, 1.54) is 17.6 Å². The van der Waals surface area contributed by atoms with Gasteiger partial charge < -0.3 is 14.9 Å². The third-order valence-electron chi connectivity index (χ3n) is 9.41. The molecule has 30 heavy (non-hydrogen) atoms. The highest BCUT2D eigenvalue weighted by Crippen LogP contribution is 2.65. The van der Waals surface area contributed by atoms with Gasteiger partial charge in [-0.2, -0.15) is 0 Å². The van der Waals surface area contributed by atoms with Crippen LogP contribution in [0.5, 0.6) is 5.75 Å². The zero-order chi connectivity index (χ0) is 21.1. The Hall–Kier alpha value is -1.58. The molecule has 162 valence electrons. The summed E-state index contributed by atoms with van der Waals surface area (Å²) >= 11 is 0. The van der Waals surface area contributed by atoms with Crippen LogP contribution in [0, 0.1) is 28.6 Å². The monoisotopic (exact) mass is 408 g/mol. The molecule has 0 radical (unpaired) electrons. The Labute approximate surface area is 180 Å². The van der Waals surface area contributed by atoms with Crippen molar-refractivity contribution in [3.63, 3.8) is 0 Å². The maximum absolute atomic E-state index is 11.4. The van der Waals surface area contributed by atoms with Crippen LogP contribution in [0.3, 0.4) is 0 Å². The average Bonchev–Trinajstić information content (AvgIpc) is 3.00. The Morgan fingerprint density at radius 1 is 1.00 bits per heavy atom. The van der Waals surface area contributed by atoms with Gasteiger partial charge in [0.25, 0.3) is 0 Å². The van der Waals surface area contributed by atoms with Crippen LogP contribution in [0.1, 0.15) is 64.4 Å². The standard InChI is InChI=1S/C27H36O3/c1-26-12-10-20(28)16-19(26)6-9-22-23(26)11-13-27(2)24(22)15-18(25(27)29)14-17-4-7-21(30-3)8-5-17/h4-8,14,20,22-25,28-29H,9-13,15-16H2,1-3H3/b18-14+/t20-,22-,23+,24+,25-,26-,27-/m0/s1. The van der Waals surface area contributed by atoms with Gasteiger partial charge in [-0.3, -0.25) is 0 Å². The molecule has 4 aliphatic carbocycles. The SMILES string of the molecule is COc1ccc(/C=C2\C[C@@H]3[C@H]4CC=C5C[C@@H](O)CC[C@]5(C)[C@@H]4CC[C@]3(C)[C@H]2O)cc1. The number of allylic oxidation sites excluding steroid dienone is 1. The van der Waals surface area contributed by atoms with Gasteiger partial charge in [0.15, 0.2) is 0 Å². The summed E-state index contributed by atoms with van der Waals surface area (Å²) in [6.45, 7) is 4.79. The minimum absolute atomic E-state index is 0.0185. The third-order valence-corrected chi connectivity index (χ3v) is 9.41. The van der Waals surface area contributed by atoms with E-state index in [4.69, 9.17) is 4.74 Å². The van der Waals surface area contributed by atoms with Gasteiger partial charge in [0.1, 0.15) is 5.75 Å². The number of hydrogen-bond acceptors (Lipinski definition) is 3. The van der Waals surface area contributed by atoms with Gasteiger partial charge in [0.2, 0.25) is 0 Å². The highest BCUT2D eigenvalue weighted by Gasteiger charge is 2.59. The topological polar surface area (TPSA) is 49.7 Å². The van der Waals surface area contributed by atoms with Crippen LogP contribution in [0.2, 0.25) is 0 Å². The van der Waals surface area contributed by atoms with E-state index in [9.17, 15) is 10.2 Å². The van der Waals surface area contributed by atoms with Crippen molar-refractivity contribution in [2.24, 2.45) is 28.6 Å². The van der Waals surface area contributed by atoms with Crippen LogP contribution in [-0.4, -0.2) is 29.5 Å². The molecule has 3 heteroatoms. The van der Waals surface area contributed by atoms with Gasteiger partial charge in [-0.15, -0.1) is 0 Å². The van der Waals surface area contributed by atoms with Crippen molar-refractivity contribution in [1.29, 1.82) is 0 Å². The molecule has 2 N–H and O–H groups in total. The molecule has 1 aromatic carbocycles. The van der Waals surface area contributed by atoms with Crippen molar-refractivity contribution in [1.82, 2.24) is 0 Å². The normalized spacial score (nSPS) is 44.1. The largest absolute Gasteiger partial charge is 0.497 e. The van der Waals surface area contributed by atoms with Crippen molar-refractivity contribution in [3.8, 4) is 5.75 Å². The third kappa shape index (κ3) is 3.00. The smallest absolute Gasteiger partial charge is 0.118 e. The second kappa shape index (κ2) is 7.24. The zero-order valence-electron chi connectivity index (χ0n) is 18.6. The molecule has 5 rings (SSSR count). The predicted molar refractivity (Wildman–Crippen MR) is 120 cm³/mol. The molecule has 0 spiro atoms. The summed E-state index contributed by atoms with van der Waals surface area (Å²) in [6, 6.07) is 8.14. The Bertz CT molecular complexity index is 869. The van der Waals surface area contributed by atoms with E-state index in [1.54, 1.807) is 7.11 Å². The molecule has 3 fully saturated rings. The first-order valence-corrected chi connectivity index (χ1v) is 11.8. The van der Waals surface area contributed by atoms with Crippen molar-refractivity contribution in [2.75, 3.05) is 7.11 Å². The molecule has 0 heterocycles. The summed E-state index contributed by atoms with van der Waals surface area (Å²) in [7, 11) is 1.69. The first kappa shape index (κ1) is 20.3. The minimum atomic E-state index is -0.350. The fourth-order valence-corrected chi connectivity index (χ4v) is 7.55. The highest BCUT2D eigenvalue weighted by molar-refractivity contribution is 5.56. The molecular formula is C27H36O3. The lowest BCUT2D eigenvalue weighted by atomic mass is 9.48. The Morgan fingerprint density at radius 2 is 1.77 bits per heavy atom. The Morgan fingerprint density at radius 3 is 2.50 bits per heavy atom. The highest BCUT2D eigenvalue weighted by atomic mass is 16.5. The molecule has 1 aromatic rings. The van der Waals surface area contributed by atoms with Crippen molar-refractivity contribution < 1.29 is 14.9 Å². The average molecular weight is 409 g/mol. The maximum Gasteiger partial charge on any atom is 0.118 e. The molecule has 3 saturated carbocycles. The van der Waals surface area contributed by atoms with Crippen LogP contribution in [0.25, 0.3) is 6.08 Å². The summed E-state index contributed by atoms with van der Waals surface area (Å²) in [5, 5.41) is 21.6. The molecule has 7 atom stereocenters. The van der Waals surface area contributed by atoms with Crippen LogP contribution in [0.4, 0.5) is 0 Å². The first-order chi connectivity index (χ1) is 14.3. The van der Waals surface area contributed by atoms with E-state index >= 15 is 0 Å². The molecule has 0 aromatic heterocycles. The van der Waals surface area contributed by atoms with E-state index < -0.39 is 0 Å². The molecule has 0 saturated heterocycles. The molecular weight excluding hydrogens is 372 g/mol. The number of hydrogen-bond donors (Lipinski definition) is 2. The molecule has 0 aliphatic heterocycles. The quantitative estimate of drug-likeness (QED) is 0.647. The fraction of sp³-hybridized carbons (Fsp3) is 0.630. The molecule has 3 nitrogen and oxygen atoms in total. The number of aliphatic hydroxyl groups is 2. The number of aliphatic hydroxyl groups excluding tert-OH is 2. The number of ether oxygens (including phenoxy) is 1. The fourth-order valence-electron chi connectivity index (χ4n) is 7.55. The second-order valence-electron chi connectivity index (χ2n) is 10.8. The van der Waals surface area contributed by atoms with Gasteiger partial charge in [0, 0.05) is 5.41 Å². The van der Waals surface area contributed by atoms with Gasteiger partial charge in [-0.1, -0.05) is 43.7 Å². The van der Waals surface area contributed by atoms with E-state index in [0.717, 1.165) is 49.8 Å². The molecule has 0 unspecified atom stereocenters. The summed E-state index contributed by atoms with van der Waals surface area (Å²) in [4.78, 5) is 0. The minimum Gasteiger partial charge on any atom is -0.497 e. The second-order valence-corrected chi connectivity index (χ2v) is 10.8. The summed E-state index contributed by atoms with van der Waals surface area (Å²) in [6.07, 6.45) is 11.5. The van der Waals surface area contributed by atoms with E-state index in [1.807, 2.05) is 12.1 Å². The van der Waals surface area contributed by atoms with Crippen LogP contribution >= 0.6 is 0 Å². The maximum atomic E-state index is 11.4. The zero-order valence-corrected chi connectivity index (χ0v) is 18.6. The lowest BCUT2D eigenvalue weighted by molar-refractivity contribution is -0.0685. The van der Waals surface area contributed by atoms with E-state index in [-0.39, 0.29) is 23.0 Å². The van der Waals surface area contributed by atoms with Gasteiger partial charge >= 0.3 is 0 Å².